The molecule has 2 aromatic heterocycles. The first-order valence-electron chi connectivity index (χ1n) is 9.68. The summed E-state index contributed by atoms with van der Waals surface area (Å²) in [6.07, 6.45) is 17.2. The molecule has 0 bridgehead atoms. The highest BCUT2D eigenvalue weighted by molar-refractivity contribution is 5.13. The van der Waals surface area contributed by atoms with Gasteiger partial charge in [0.25, 0.3) is 0 Å². The zero-order valence-corrected chi connectivity index (χ0v) is 16.0. The second kappa shape index (κ2) is 9.00. The molecule has 0 N–H and O–H groups in total. The van der Waals surface area contributed by atoms with Crippen LogP contribution in [-0.4, -0.2) is 9.13 Å². The van der Waals surface area contributed by atoms with Crippen LogP contribution in [0, 0.1) is 0 Å². The minimum atomic E-state index is 0.882. The van der Waals surface area contributed by atoms with Crippen LogP contribution in [0.25, 0.3) is 0 Å². The molecule has 0 aliphatic carbocycles. The van der Waals surface area contributed by atoms with Gasteiger partial charge < -0.3 is 0 Å². The molecule has 4 nitrogen and oxygen atoms in total. The molecule has 0 fully saturated rings. The third-order valence-corrected chi connectivity index (χ3v) is 4.71. The van der Waals surface area contributed by atoms with Crippen molar-refractivity contribution in [3.05, 3.63) is 121 Å². The smallest absolute Gasteiger partial charge is 0.233 e. The highest BCUT2D eigenvalue weighted by Gasteiger charge is 2.04. The van der Waals surface area contributed by atoms with Gasteiger partial charge in [0.1, 0.15) is 51.0 Å². The van der Waals surface area contributed by atoms with Crippen molar-refractivity contribution in [2.75, 3.05) is 0 Å². The Morgan fingerprint density at radius 1 is 0.607 bits per heavy atom. The number of aromatic nitrogens is 4. The quantitative estimate of drug-likeness (QED) is 0.335. The lowest BCUT2D eigenvalue weighted by Crippen LogP contribution is -2.31. The average molecular weight is 371 g/mol. The van der Waals surface area contributed by atoms with E-state index in [1.54, 1.807) is 0 Å². The third-order valence-electron chi connectivity index (χ3n) is 4.71. The Bertz CT molecular complexity index is 929. The molecular formula is C24H26N4+2. The first-order valence-corrected chi connectivity index (χ1v) is 9.68. The summed E-state index contributed by atoms with van der Waals surface area (Å²) in [6.45, 7) is 3.57. The Morgan fingerprint density at radius 2 is 1.04 bits per heavy atom. The summed E-state index contributed by atoms with van der Waals surface area (Å²) < 4.78 is 8.82. The van der Waals surface area contributed by atoms with Crippen LogP contribution in [0.2, 0.25) is 0 Å². The van der Waals surface area contributed by atoms with E-state index in [4.69, 9.17) is 0 Å². The molecule has 0 spiro atoms. The van der Waals surface area contributed by atoms with Gasteiger partial charge in [-0.05, 0) is 23.3 Å². The molecule has 0 radical (unpaired) electrons. The highest BCUT2D eigenvalue weighted by Crippen LogP contribution is 1.99. The van der Waals surface area contributed by atoms with Crippen LogP contribution in [0.4, 0.5) is 0 Å². The van der Waals surface area contributed by atoms with E-state index in [-0.39, 0.29) is 0 Å². The molecule has 0 atom stereocenters. The summed E-state index contributed by atoms with van der Waals surface area (Å²) in [6, 6.07) is 21.1. The van der Waals surface area contributed by atoms with Crippen LogP contribution < -0.4 is 9.13 Å². The van der Waals surface area contributed by atoms with Crippen molar-refractivity contribution < 1.29 is 9.13 Å². The minimum absolute atomic E-state index is 0.882. The summed E-state index contributed by atoms with van der Waals surface area (Å²) in [5.41, 5.74) is 2.63. The minimum Gasteiger partial charge on any atom is -0.233 e. The molecular weight excluding hydrogens is 344 g/mol. The van der Waals surface area contributed by atoms with Gasteiger partial charge in [-0.1, -0.05) is 60.7 Å². The van der Waals surface area contributed by atoms with Crippen LogP contribution in [0.15, 0.2) is 110 Å². The van der Waals surface area contributed by atoms with E-state index in [0.29, 0.717) is 0 Å². The van der Waals surface area contributed by atoms with E-state index in [1.807, 2.05) is 0 Å². The number of allylic oxidation sites excluding steroid dienone is 2. The standard InChI is InChI=1S/C24H26N4/c1-3-9-23(10-4-1)19-27-17-15-25(21-27)13-7-8-14-26-16-18-28(22-26)20-24-11-5-2-6-12-24/h1-12,15-18,21-22H,13-14,19-20H2/q+2/b8-7+. The highest BCUT2D eigenvalue weighted by atomic mass is 15.1. The molecule has 28 heavy (non-hydrogen) atoms. The van der Waals surface area contributed by atoms with Crippen LogP contribution in [-0.2, 0) is 26.2 Å². The zero-order chi connectivity index (χ0) is 19.0. The van der Waals surface area contributed by atoms with Crippen LogP contribution in [0.1, 0.15) is 11.1 Å². The lowest BCUT2D eigenvalue weighted by molar-refractivity contribution is -0.688. The molecule has 0 aliphatic rings. The van der Waals surface area contributed by atoms with Gasteiger partial charge in [0.2, 0.25) is 12.7 Å². The van der Waals surface area contributed by atoms with Crippen molar-refractivity contribution in [3.63, 3.8) is 0 Å². The van der Waals surface area contributed by atoms with Gasteiger partial charge in [-0.15, -0.1) is 0 Å². The zero-order valence-electron chi connectivity index (χ0n) is 16.0. The summed E-state index contributed by atoms with van der Waals surface area (Å²) in [5, 5.41) is 0. The lowest BCUT2D eigenvalue weighted by Gasteiger charge is -1.96. The van der Waals surface area contributed by atoms with Gasteiger partial charge in [-0.25, -0.2) is 18.3 Å². The van der Waals surface area contributed by atoms with E-state index >= 15 is 0 Å². The Morgan fingerprint density at radius 3 is 1.46 bits per heavy atom. The first kappa shape index (κ1) is 18.0. The fourth-order valence-electron chi connectivity index (χ4n) is 3.26. The van der Waals surface area contributed by atoms with Crippen molar-refractivity contribution in [2.24, 2.45) is 0 Å². The van der Waals surface area contributed by atoms with Crippen molar-refractivity contribution >= 4 is 0 Å². The number of hydrogen-bond donors (Lipinski definition) is 0. The second-order valence-electron chi connectivity index (χ2n) is 7.01. The normalized spacial score (nSPS) is 11.3. The Hall–Kier alpha value is -3.40. The van der Waals surface area contributed by atoms with E-state index in [0.717, 1.165) is 26.2 Å². The maximum absolute atomic E-state index is 2.22. The summed E-state index contributed by atoms with van der Waals surface area (Å²) in [5.74, 6) is 0. The number of rotatable bonds is 8. The fraction of sp³-hybridized carbons (Fsp3) is 0.167. The second-order valence-corrected chi connectivity index (χ2v) is 7.01. The van der Waals surface area contributed by atoms with Gasteiger partial charge in [0, 0.05) is 0 Å². The molecule has 0 saturated heterocycles. The average Bonchev–Trinajstić information content (AvgIpc) is 3.36. The first-order chi connectivity index (χ1) is 13.8. The predicted octanol–water partition coefficient (Wildman–Crippen LogP) is 3.22. The lowest BCUT2D eigenvalue weighted by atomic mass is 10.2. The topological polar surface area (TPSA) is 17.6 Å². The predicted molar refractivity (Wildman–Crippen MR) is 109 cm³/mol. The van der Waals surface area contributed by atoms with E-state index in [2.05, 4.69) is 129 Å². The molecule has 2 heterocycles. The van der Waals surface area contributed by atoms with Crippen LogP contribution in [0.3, 0.4) is 0 Å². The fourth-order valence-corrected chi connectivity index (χ4v) is 3.26. The molecule has 0 amide bonds. The summed E-state index contributed by atoms with van der Waals surface area (Å²) in [4.78, 5) is 0. The van der Waals surface area contributed by atoms with Gasteiger partial charge in [0.15, 0.2) is 0 Å². The third kappa shape index (κ3) is 5.07. The Kier molecular flexibility index (Phi) is 5.78. The SMILES string of the molecule is C(=C\Cn1cc[n+](Cc2ccccc2)c1)/Cn1cc[n+](Cc2ccccc2)c1. The molecule has 2 aromatic carbocycles. The van der Waals surface area contributed by atoms with Crippen LogP contribution in [0.5, 0.6) is 0 Å². The number of nitrogens with zero attached hydrogens (tertiary/aromatic N) is 4. The Balaban J connectivity index is 1.26. The van der Waals surface area contributed by atoms with E-state index in [9.17, 15) is 0 Å². The van der Waals surface area contributed by atoms with Crippen molar-refractivity contribution in [3.8, 4) is 0 Å². The van der Waals surface area contributed by atoms with Gasteiger partial charge in [-0.3, -0.25) is 0 Å². The molecule has 4 aromatic rings. The van der Waals surface area contributed by atoms with Gasteiger partial charge >= 0.3 is 0 Å². The number of imidazole rings is 2. The van der Waals surface area contributed by atoms with Crippen LogP contribution >= 0.6 is 0 Å². The Labute approximate surface area is 166 Å². The van der Waals surface area contributed by atoms with Crippen molar-refractivity contribution in [1.82, 2.24) is 9.13 Å². The van der Waals surface area contributed by atoms with E-state index < -0.39 is 0 Å². The molecule has 0 unspecified atom stereocenters. The van der Waals surface area contributed by atoms with Gasteiger partial charge in [0.05, 0.1) is 0 Å². The maximum atomic E-state index is 2.22. The number of benzene rings is 2. The van der Waals surface area contributed by atoms with Gasteiger partial charge in [-0.2, -0.15) is 0 Å². The summed E-state index contributed by atoms with van der Waals surface area (Å²) in [7, 11) is 0. The summed E-state index contributed by atoms with van der Waals surface area (Å²) >= 11 is 0. The van der Waals surface area contributed by atoms with Crippen molar-refractivity contribution in [2.45, 2.75) is 26.2 Å². The van der Waals surface area contributed by atoms with E-state index in [1.165, 1.54) is 11.1 Å². The largest absolute Gasteiger partial charge is 0.244 e. The number of hydrogen-bond acceptors (Lipinski definition) is 0. The maximum Gasteiger partial charge on any atom is 0.244 e. The monoisotopic (exact) mass is 370 g/mol. The molecule has 0 saturated carbocycles. The molecule has 0 aliphatic heterocycles. The van der Waals surface area contributed by atoms with Crippen molar-refractivity contribution in [1.29, 1.82) is 0 Å². The molecule has 140 valence electrons. The molecule has 4 rings (SSSR count). The molecule has 4 heteroatoms.